The zero-order valence-electron chi connectivity index (χ0n) is 42.3. The van der Waals surface area contributed by atoms with E-state index in [1.165, 1.54) is 56.7 Å². The molecule has 0 saturated heterocycles. The van der Waals surface area contributed by atoms with Gasteiger partial charge in [-0.25, -0.2) is 19.9 Å². The Morgan fingerprint density at radius 3 is 1.00 bits per heavy atom. The van der Waals surface area contributed by atoms with Crippen molar-refractivity contribution in [3.05, 3.63) is 218 Å². The molecule has 2 heterocycles. The third-order valence-corrected chi connectivity index (χ3v) is 19.7. The summed E-state index contributed by atoms with van der Waals surface area (Å²) in [4.78, 5) is 64.2. The van der Waals surface area contributed by atoms with Crippen molar-refractivity contribution in [2.24, 2.45) is 0 Å². The lowest BCUT2D eigenvalue weighted by Crippen LogP contribution is -2.29. The van der Waals surface area contributed by atoms with Crippen molar-refractivity contribution in [2.75, 3.05) is 28.4 Å². The van der Waals surface area contributed by atoms with Crippen LogP contribution < -0.4 is 41.3 Å². The number of carbonyl (C=O) groups is 4. The maximum Gasteiger partial charge on any atom is 0.316 e. The van der Waals surface area contributed by atoms with Crippen molar-refractivity contribution in [2.45, 2.75) is 44.9 Å². The van der Waals surface area contributed by atoms with E-state index in [0.717, 1.165) is 15.9 Å². The quantitative estimate of drug-likeness (QED) is 0.0603. The lowest BCUT2D eigenvalue weighted by molar-refractivity contribution is -0.142. The summed E-state index contributed by atoms with van der Waals surface area (Å²) in [5, 5.41) is 16.0. The van der Waals surface area contributed by atoms with Crippen LogP contribution in [-0.4, -0.2) is 89.3 Å². The summed E-state index contributed by atoms with van der Waals surface area (Å²) in [6, 6.07) is 62.8. The van der Waals surface area contributed by atoms with Gasteiger partial charge in [-0.15, -0.1) is 0 Å². The predicted molar refractivity (Wildman–Crippen MR) is 308 cm³/mol. The molecule has 0 aliphatic rings. The number of nitrogens with zero attached hydrogens (tertiary/aromatic N) is 4. The topological polar surface area (TPSA) is 177 Å². The maximum absolute atomic E-state index is 13.9. The summed E-state index contributed by atoms with van der Waals surface area (Å²) >= 11 is 0. The first kappa shape index (κ1) is 58.6. The number of aromatic nitrogens is 4. The highest BCUT2D eigenvalue weighted by Crippen LogP contribution is 2.44. The third-order valence-electron chi connectivity index (χ3n) is 12.2. The normalized spacial score (nSPS) is 11.5. The van der Waals surface area contributed by atoms with E-state index < -0.39 is 43.5 Å². The van der Waals surface area contributed by atoms with Crippen LogP contribution in [0.1, 0.15) is 56.1 Å². The SMILES string of the molecule is C.C=P(c1ccccc1)(c1ccccc1)c1ccccc1.COC(=O)C[C@H](CC(=O)C=P(c1ccccc1)(c1ccccc1)c1ccccc1)c1cnc(OC)nc1.COC(=O)C[C@H](CC(=O)O)c1cnc(OC)nc1. The average Bonchev–Trinajstić information content (AvgIpc) is 3.50. The van der Waals surface area contributed by atoms with Crippen molar-refractivity contribution >= 4 is 81.4 Å². The van der Waals surface area contributed by atoms with Gasteiger partial charge in [0.2, 0.25) is 0 Å². The Morgan fingerprint density at radius 1 is 0.461 bits per heavy atom. The van der Waals surface area contributed by atoms with Crippen LogP contribution in [-0.2, 0) is 28.7 Å². The van der Waals surface area contributed by atoms with Crippen molar-refractivity contribution in [3.8, 4) is 12.0 Å². The van der Waals surface area contributed by atoms with Gasteiger partial charge in [0.25, 0.3) is 0 Å². The van der Waals surface area contributed by atoms with Gasteiger partial charge < -0.3 is 24.1 Å². The number of rotatable bonds is 19. The molecule has 392 valence electrons. The molecule has 0 saturated carbocycles. The predicted octanol–water partition coefficient (Wildman–Crippen LogP) is 8.54. The number of carboxylic acids is 1. The zero-order chi connectivity index (χ0) is 53.5. The molecule has 1 N–H and O–H groups in total. The first-order valence-corrected chi connectivity index (χ1v) is 27.7. The summed E-state index contributed by atoms with van der Waals surface area (Å²) in [5.41, 5.74) is 1.24. The number of ketones is 1. The highest BCUT2D eigenvalue weighted by atomic mass is 31.2. The van der Waals surface area contributed by atoms with Gasteiger partial charge in [0.15, 0.2) is 5.78 Å². The summed E-state index contributed by atoms with van der Waals surface area (Å²) in [6.07, 6.45) is 10.7. The Bertz CT molecular complexity index is 2950. The number of aliphatic carboxylic acids is 1. The largest absolute Gasteiger partial charge is 0.481 e. The highest BCUT2D eigenvalue weighted by Gasteiger charge is 2.29. The van der Waals surface area contributed by atoms with Crippen molar-refractivity contribution in [1.29, 1.82) is 0 Å². The number of carboxylic acid groups (broad SMARTS) is 1. The molecule has 0 aliphatic carbocycles. The minimum atomic E-state index is -2.45. The van der Waals surface area contributed by atoms with Gasteiger partial charge in [-0.1, -0.05) is 196 Å². The summed E-state index contributed by atoms with van der Waals surface area (Å²) in [6.45, 7) is -4.23. The summed E-state index contributed by atoms with van der Waals surface area (Å²) in [7, 11) is 5.51. The second-order valence-corrected chi connectivity index (χ2v) is 23.3. The molecule has 2 atom stereocenters. The molecule has 0 radical (unpaired) electrons. The number of hydrogen-bond acceptors (Lipinski definition) is 12. The lowest BCUT2D eigenvalue weighted by Gasteiger charge is -2.28. The summed E-state index contributed by atoms with van der Waals surface area (Å²) < 4.78 is 19.3. The molecule has 8 aromatic rings. The average molecular weight is 1060 g/mol. The second kappa shape index (κ2) is 29.6. The van der Waals surface area contributed by atoms with E-state index in [-0.39, 0.29) is 50.9 Å². The summed E-state index contributed by atoms with van der Waals surface area (Å²) in [5.74, 6) is -0.996. The number of ether oxygens (including phenoxy) is 4. The molecule has 15 heteroatoms. The molecule has 0 bridgehead atoms. The smallest absolute Gasteiger partial charge is 0.316 e. The van der Waals surface area contributed by atoms with Gasteiger partial charge in [-0.05, 0) is 62.5 Å². The fourth-order valence-electron chi connectivity index (χ4n) is 8.35. The molecule has 6 aromatic carbocycles. The first-order chi connectivity index (χ1) is 36.4. The van der Waals surface area contributed by atoms with E-state index in [2.05, 4.69) is 152 Å². The van der Waals surface area contributed by atoms with E-state index in [0.29, 0.717) is 11.1 Å². The van der Waals surface area contributed by atoms with Crippen molar-refractivity contribution in [1.82, 2.24) is 19.9 Å². The molecule has 0 unspecified atom stereocenters. The standard InChI is InChI=1S/C30H29N2O4P.C19H17P.C11H14N2O5.CH4/c1-35-29(34)19-23(24-20-31-30(36-2)32-21-24)18-25(33)22-37(26-12-6-3-7-13-26,27-14-8-4-9-15-27)28-16-10-5-11-17-28;1-20(17-11-5-2-6-12-17,18-13-7-3-8-14-18)19-15-9-4-10-16-19;1-17-10(16)4-7(3-9(14)15)8-5-12-11(18-2)13-6-8;/h3-17,20-23H,18-19H2,1-2H3;2-16H,1H2;5-7H,3-4H2,1-2H3,(H,14,15);1H4/t23-;;7-;/m0.0./s1. The molecule has 0 amide bonds. The Morgan fingerprint density at radius 2 is 0.737 bits per heavy atom. The van der Waals surface area contributed by atoms with Crippen molar-refractivity contribution < 1.29 is 43.2 Å². The Hall–Kier alpha value is -8.24. The molecular weight excluding hydrogens is 995 g/mol. The molecular formula is C61H64N4O9P2. The van der Waals surface area contributed by atoms with Crippen LogP contribution in [0.3, 0.4) is 0 Å². The van der Waals surface area contributed by atoms with Gasteiger partial charge in [0, 0.05) is 43.0 Å². The van der Waals surface area contributed by atoms with E-state index in [1.54, 1.807) is 12.4 Å². The molecule has 2 aromatic heterocycles. The van der Waals surface area contributed by atoms with Gasteiger partial charge >= 0.3 is 29.9 Å². The van der Waals surface area contributed by atoms with Gasteiger partial charge in [0.05, 0.1) is 47.7 Å². The van der Waals surface area contributed by atoms with Crippen molar-refractivity contribution in [3.63, 3.8) is 0 Å². The molecule has 0 aliphatic heterocycles. The number of hydrogen-bond donors (Lipinski definition) is 1. The van der Waals surface area contributed by atoms with Crippen LogP contribution in [0, 0.1) is 0 Å². The van der Waals surface area contributed by atoms with Crippen LogP contribution in [0.5, 0.6) is 12.0 Å². The van der Waals surface area contributed by atoms with Crippen LogP contribution in [0.4, 0.5) is 0 Å². The number of benzene rings is 6. The molecule has 0 spiro atoms. The lowest BCUT2D eigenvalue weighted by atomic mass is 9.93. The zero-order valence-corrected chi connectivity index (χ0v) is 44.1. The number of Topliss-reactive ketones (excluding diaryl/α,β-unsaturated/α-hetero) is 1. The fraction of sp³-hybridized carbons (Fsp3) is 0.180. The van der Waals surface area contributed by atoms with Gasteiger partial charge in [-0.3, -0.25) is 19.2 Å². The molecule has 13 nitrogen and oxygen atoms in total. The Balaban J connectivity index is 0.000000231. The number of methoxy groups -OCH3 is 4. The highest BCUT2D eigenvalue weighted by molar-refractivity contribution is 7.95. The van der Waals surface area contributed by atoms with E-state index in [1.807, 2.05) is 60.4 Å². The van der Waals surface area contributed by atoms with E-state index in [9.17, 15) is 19.2 Å². The molecule has 8 rings (SSSR count). The van der Waals surface area contributed by atoms with Crippen LogP contribution in [0.25, 0.3) is 0 Å². The fourth-order valence-corrected chi connectivity index (χ4v) is 15.1. The van der Waals surface area contributed by atoms with Crippen LogP contribution in [0.2, 0.25) is 0 Å². The van der Waals surface area contributed by atoms with E-state index >= 15 is 0 Å². The minimum Gasteiger partial charge on any atom is -0.481 e. The maximum atomic E-state index is 13.9. The Kier molecular flexibility index (Phi) is 22.8. The van der Waals surface area contributed by atoms with Crippen LogP contribution in [0.15, 0.2) is 207 Å². The monoisotopic (exact) mass is 1060 g/mol. The number of carbonyl (C=O) groups excluding carboxylic acids is 3. The van der Waals surface area contributed by atoms with E-state index in [4.69, 9.17) is 25.6 Å². The Labute approximate surface area is 446 Å². The second-order valence-electron chi connectivity index (χ2n) is 16.9. The third kappa shape index (κ3) is 15.6. The van der Waals surface area contributed by atoms with Crippen LogP contribution >= 0.6 is 13.8 Å². The first-order valence-electron chi connectivity index (χ1n) is 23.9. The minimum absolute atomic E-state index is 0. The molecule has 76 heavy (non-hydrogen) atoms. The van der Waals surface area contributed by atoms with Gasteiger partial charge in [-0.2, -0.15) is 0 Å². The molecule has 0 fully saturated rings. The van der Waals surface area contributed by atoms with Gasteiger partial charge in [0.1, 0.15) is 0 Å². The number of esters is 2.